The van der Waals surface area contributed by atoms with E-state index in [1.165, 1.54) is 0 Å². The normalized spacial score (nSPS) is 12.9. The highest BCUT2D eigenvalue weighted by Gasteiger charge is 2.16. The summed E-state index contributed by atoms with van der Waals surface area (Å²) in [6, 6.07) is 1.37. The van der Waals surface area contributed by atoms with Crippen molar-refractivity contribution in [3.8, 4) is 0 Å². The molecule has 0 unspecified atom stereocenters. The largest absolute Gasteiger partial charge is 0.330 e. The summed E-state index contributed by atoms with van der Waals surface area (Å²) in [6.07, 6.45) is 0.472. The van der Waals surface area contributed by atoms with Gasteiger partial charge in [0, 0.05) is 17.7 Å². The van der Waals surface area contributed by atoms with E-state index in [9.17, 15) is 13.2 Å². The lowest BCUT2D eigenvalue weighted by Crippen LogP contribution is -2.08. The van der Waals surface area contributed by atoms with E-state index in [0.29, 0.717) is 25.1 Å². The van der Waals surface area contributed by atoms with Gasteiger partial charge in [0.05, 0.1) is 0 Å². The topological polar surface area (TPSA) is 26.0 Å². The molecule has 0 saturated carbocycles. The molecule has 0 aliphatic heterocycles. The first kappa shape index (κ1) is 11.0. The van der Waals surface area contributed by atoms with Crippen molar-refractivity contribution in [2.75, 3.05) is 6.54 Å². The summed E-state index contributed by atoms with van der Waals surface area (Å²) < 4.78 is 38.9. The lowest BCUT2D eigenvalue weighted by atomic mass is 9.96. The lowest BCUT2D eigenvalue weighted by Gasteiger charge is -2.12. The molecule has 0 saturated heterocycles. The van der Waals surface area contributed by atoms with Crippen LogP contribution in [0.5, 0.6) is 0 Å². The van der Waals surface area contributed by atoms with Gasteiger partial charge in [0.25, 0.3) is 0 Å². The Morgan fingerprint density at radius 2 is 1.71 bits per heavy atom. The maximum atomic E-state index is 13.2. The quantitative estimate of drug-likeness (QED) is 0.802. The number of benzene rings is 1. The fraction of sp³-hybridized carbons (Fsp3) is 0.400. The predicted octanol–water partition coefficient (Wildman–Crippen LogP) is 2.56. The maximum Gasteiger partial charge on any atom is 0.132 e. The fourth-order valence-electron chi connectivity index (χ4n) is 1.42. The third-order valence-corrected chi connectivity index (χ3v) is 2.14. The van der Waals surface area contributed by atoms with Gasteiger partial charge >= 0.3 is 0 Å². The van der Waals surface area contributed by atoms with Crippen molar-refractivity contribution < 1.29 is 13.2 Å². The molecule has 0 amide bonds. The van der Waals surface area contributed by atoms with Gasteiger partial charge in [0.15, 0.2) is 0 Å². The summed E-state index contributed by atoms with van der Waals surface area (Å²) in [4.78, 5) is 0. The minimum absolute atomic E-state index is 0.0862. The lowest BCUT2D eigenvalue weighted by molar-refractivity contribution is 0.501. The Balaban J connectivity index is 3.07. The van der Waals surface area contributed by atoms with E-state index in [0.717, 1.165) is 0 Å². The van der Waals surface area contributed by atoms with Gasteiger partial charge in [-0.15, -0.1) is 0 Å². The van der Waals surface area contributed by atoms with Crippen LogP contribution in [0.15, 0.2) is 12.1 Å². The van der Waals surface area contributed by atoms with E-state index in [1.54, 1.807) is 6.92 Å². The Bertz CT molecular complexity index is 302. The van der Waals surface area contributed by atoms with Gasteiger partial charge in [0.2, 0.25) is 0 Å². The van der Waals surface area contributed by atoms with Crippen LogP contribution in [0.3, 0.4) is 0 Å². The summed E-state index contributed by atoms with van der Waals surface area (Å²) in [5.74, 6) is -2.92. The molecule has 1 rings (SSSR count). The van der Waals surface area contributed by atoms with Crippen LogP contribution in [0.4, 0.5) is 13.2 Å². The van der Waals surface area contributed by atoms with Crippen molar-refractivity contribution in [3.05, 3.63) is 35.1 Å². The van der Waals surface area contributed by atoms with Crippen molar-refractivity contribution in [1.82, 2.24) is 0 Å². The molecule has 0 radical (unpaired) electrons. The van der Waals surface area contributed by atoms with Crippen LogP contribution in [0.1, 0.15) is 24.8 Å². The SMILES string of the molecule is C[C@H](CCN)c1c(F)cc(F)cc1F. The van der Waals surface area contributed by atoms with Gasteiger partial charge in [-0.2, -0.15) is 0 Å². The molecule has 1 atom stereocenters. The molecule has 0 heterocycles. The summed E-state index contributed by atoms with van der Waals surface area (Å²) >= 11 is 0. The van der Waals surface area contributed by atoms with Crippen LogP contribution in [-0.2, 0) is 0 Å². The molecule has 2 N–H and O–H groups in total. The molecule has 0 fully saturated rings. The van der Waals surface area contributed by atoms with Crippen molar-refractivity contribution in [1.29, 1.82) is 0 Å². The number of rotatable bonds is 3. The Labute approximate surface area is 80.7 Å². The molecule has 0 spiro atoms. The number of hydrogen-bond donors (Lipinski definition) is 1. The van der Waals surface area contributed by atoms with Gasteiger partial charge in [-0.1, -0.05) is 6.92 Å². The molecule has 0 aliphatic rings. The molecule has 14 heavy (non-hydrogen) atoms. The third kappa shape index (κ3) is 2.26. The molecule has 1 aromatic rings. The molecule has 0 aliphatic carbocycles. The Morgan fingerprint density at radius 3 is 2.14 bits per heavy atom. The monoisotopic (exact) mass is 203 g/mol. The molecule has 0 bridgehead atoms. The zero-order valence-electron chi connectivity index (χ0n) is 7.86. The van der Waals surface area contributed by atoms with Crippen molar-refractivity contribution in [2.24, 2.45) is 5.73 Å². The van der Waals surface area contributed by atoms with Crippen LogP contribution < -0.4 is 5.73 Å². The fourth-order valence-corrected chi connectivity index (χ4v) is 1.42. The minimum Gasteiger partial charge on any atom is -0.330 e. The zero-order chi connectivity index (χ0) is 10.7. The second kappa shape index (κ2) is 4.46. The first-order chi connectivity index (χ1) is 6.56. The third-order valence-electron chi connectivity index (χ3n) is 2.14. The van der Waals surface area contributed by atoms with Crippen molar-refractivity contribution >= 4 is 0 Å². The first-order valence-electron chi connectivity index (χ1n) is 4.40. The molecular formula is C10H12F3N. The van der Waals surface area contributed by atoms with Crippen LogP contribution >= 0.6 is 0 Å². The number of hydrogen-bond acceptors (Lipinski definition) is 1. The Morgan fingerprint density at radius 1 is 1.21 bits per heavy atom. The number of nitrogens with two attached hydrogens (primary N) is 1. The second-order valence-electron chi connectivity index (χ2n) is 3.26. The molecule has 1 nitrogen and oxygen atoms in total. The van der Waals surface area contributed by atoms with E-state index in [2.05, 4.69) is 0 Å². The Kier molecular flexibility index (Phi) is 3.52. The van der Waals surface area contributed by atoms with E-state index in [4.69, 9.17) is 5.73 Å². The van der Waals surface area contributed by atoms with E-state index in [-0.39, 0.29) is 11.5 Å². The maximum absolute atomic E-state index is 13.2. The van der Waals surface area contributed by atoms with E-state index >= 15 is 0 Å². The number of halogens is 3. The van der Waals surface area contributed by atoms with E-state index in [1.807, 2.05) is 0 Å². The highest BCUT2D eigenvalue weighted by Crippen LogP contribution is 2.25. The van der Waals surface area contributed by atoms with Crippen LogP contribution in [-0.4, -0.2) is 6.54 Å². The standard InChI is InChI=1S/C10H12F3N/c1-6(2-3-14)10-8(12)4-7(11)5-9(10)13/h4-6H,2-3,14H2,1H3/t6-/m1/s1. The minimum atomic E-state index is -0.899. The van der Waals surface area contributed by atoms with Crippen molar-refractivity contribution in [3.63, 3.8) is 0 Å². The summed E-state index contributed by atoms with van der Waals surface area (Å²) in [5.41, 5.74) is 5.19. The average Bonchev–Trinajstić information content (AvgIpc) is 2.01. The first-order valence-corrected chi connectivity index (χ1v) is 4.40. The van der Waals surface area contributed by atoms with Crippen LogP contribution in [0.25, 0.3) is 0 Å². The van der Waals surface area contributed by atoms with Gasteiger partial charge in [-0.05, 0) is 18.9 Å². The zero-order valence-corrected chi connectivity index (χ0v) is 7.86. The van der Waals surface area contributed by atoms with Gasteiger partial charge in [-0.25, -0.2) is 13.2 Å². The Hall–Kier alpha value is -1.03. The molecule has 0 aromatic heterocycles. The molecular weight excluding hydrogens is 191 g/mol. The summed E-state index contributed by atoms with van der Waals surface area (Å²) in [7, 11) is 0. The van der Waals surface area contributed by atoms with E-state index < -0.39 is 17.5 Å². The average molecular weight is 203 g/mol. The highest BCUT2D eigenvalue weighted by atomic mass is 19.1. The molecule has 1 aromatic carbocycles. The van der Waals surface area contributed by atoms with Gasteiger partial charge in [-0.3, -0.25) is 0 Å². The van der Waals surface area contributed by atoms with Gasteiger partial charge < -0.3 is 5.73 Å². The second-order valence-corrected chi connectivity index (χ2v) is 3.26. The molecule has 78 valence electrons. The molecule has 4 heteroatoms. The highest BCUT2D eigenvalue weighted by molar-refractivity contribution is 5.24. The smallest absolute Gasteiger partial charge is 0.132 e. The summed E-state index contributed by atoms with van der Waals surface area (Å²) in [6.45, 7) is 2.00. The van der Waals surface area contributed by atoms with Gasteiger partial charge in [0.1, 0.15) is 17.5 Å². The van der Waals surface area contributed by atoms with Crippen molar-refractivity contribution in [2.45, 2.75) is 19.3 Å². The van der Waals surface area contributed by atoms with Crippen LogP contribution in [0.2, 0.25) is 0 Å². The predicted molar refractivity (Wildman–Crippen MR) is 48.4 cm³/mol. The van der Waals surface area contributed by atoms with Crippen LogP contribution in [0, 0.1) is 17.5 Å². The summed E-state index contributed by atoms with van der Waals surface area (Å²) in [5, 5.41) is 0.